The number of anilines is 1. The first-order valence-corrected chi connectivity index (χ1v) is 9.99. The molecule has 4 nitrogen and oxygen atoms in total. The molecule has 4 rings (SSSR count). The number of carbonyl (C=O) groups excluding carboxylic acids is 2. The van der Waals surface area contributed by atoms with Crippen molar-refractivity contribution >= 4 is 17.5 Å². The molecule has 0 bridgehead atoms. The molecule has 29 heavy (non-hydrogen) atoms. The maximum absolute atomic E-state index is 12.8. The molecule has 3 aromatic rings. The zero-order valence-corrected chi connectivity index (χ0v) is 16.5. The van der Waals surface area contributed by atoms with Crippen LogP contribution in [0, 0.1) is 6.92 Å². The summed E-state index contributed by atoms with van der Waals surface area (Å²) < 4.78 is 0. The zero-order valence-electron chi connectivity index (χ0n) is 16.5. The molecule has 0 aromatic heterocycles. The van der Waals surface area contributed by atoms with Gasteiger partial charge in [0.1, 0.15) is 0 Å². The molecule has 0 unspecified atom stereocenters. The SMILES string of the molecule is Cc1c(NC(=O)c2ccc(-c3ccccc3)cc2)cccc1C(=O)N1CCCC1. The number of rotatable bonds is 4. The lowest BCUT2D eigenvalue weighted by Crippen LogP contribution is -2.28. The number of likely N-dealkylation sites (tertiary alicyclic amines) is 1. The fourth-order valence-electron chi connectivity index (χ4n) is 3.73. The lowest BCUT2D eigenvalue weighted by Gasteiger charge is -2.18. The highest BCUT2D eigenvalue weighted by atomic mass is 16.2. The standard InChI is InChI=1S/C25H24N2O2/c1-18-22(25(29)27-16-5-6-17-27)10-7-11-23(18)26-24(28)21-14-12-20(13-15-21)19-8-3-2-4-9-19/h2-4,7-15H,5-6,16-17H2,1H3,(H,26,28). The molecule has 2 amide bonds. The fourth-order valence-corrected chi connectivity index (χ4v) is 3.73. The third kappa shape index (κ3) is 4.06. The Morgan fingerprint density at radius 1 is 0.793 bits per heavy atom. The van der Waals surface area contributed by atoms with Crippen molar-refractivity contribution in [1.29, 1.82) is 0 Å². The Morgan fingerprint density at radius 2 is 1.45 bits per heavy atom. The minimum absolute atomic E-state index is 0.0447. The molecule has 1 aliphatic heterocycles. The molecule has 0 aliphatic carbocycles. The number of hydrogen-bond acceptors (Lipinski definition) is 2. The number of nitrogens with zero attached hydrogens (tertiary/aromatic N) is 1. The fraction of sp³-hybridized carbons (Fsp3) is 0.200. The molecule has 1 saturated heterocycles. The van der Waals surface area contributed by atoms with Gasteiger partial charge in [0.2, 0.25) is 0 Å². The topological polar surface area (TPSA) is 49.4 Å². The Labute approximate surface area is 171 Å². The summed E-state index contributed by atoms with van der Waals surface area (Å²) in [7, 11) is 0. The van der Waals surface area contributed by atoms with Gasteiger partial charge in [0.15, 0.2) is 0 Å². The largest absolute Gasteiger partial charge is 0.339 e. The molecule has 4 heteroatoms. The number of hydrogen-bond donors (Lipinski definition) is 1. The van der Waals surface area contributed by atoms with Crippen LogP contribution in [0.3, 0.4) is 0 Å². The van der Waals surface area contributed by atoms with Crippen molar-refractivity contribution in [2.45, 2.75) is 19.8 Å². The molecule has 1 N–H and O–H groups in total. The van der Waals surface area contributed by atoms with Gasteiger partial charge >= 0.3 is 0 Å². The van der Waals surface area contributed by atoms with Crippen molar-refractivity contribution in [3.8, 4) is 11.1 Å². The first-order chi connectivity index (χ1) is 14.1. The Kier molecular flexibility index (Phi) is 5.43. The van der Waals surface area contributed by atoms with E-state index in [0.717, 1.165) is 42.6 Å². The minimum atomic E-state index is -0.182. The van der Waals surface area contributed by atoms with Crippen LogP contribution < -0.4 is 5.32 Å². The van der Waals surface area contributed by atoms with E-state index < -0.39 is 0 Å². The van der Waals surface area contributed by atoms with E-state index in [-0.39, 0.29) is 11.8 Å². The first-order valence-electron chi connectivity index (χ1n) is 9.99. The number of carbonyl (C=O) groups is 2. The van der Waals surface area contributed by atoms with Gasteiger partial charge in [-0.05, 0) is 60.7 Å². The van der Waals surface area contributed by atoms with Gasteiger partial charge in [-0.1, -0.05) is 48.5 Å². The Morgan fingerprint density at radius 3 is 2.14 bits per heavy atom. The third-order valence-corrected chi connectivity index (χ3v) is 5.46. The summed E-state index contributed by atoms with van der Waals surface area (Å²) in [5, 5.41) is 2.96. The van der Waals surface area contributed by atoms with Crippen LogP contribution in [-0.4, -0.2) is 29.8 Å². The van der Waals surface area contributed by atoms with E-state index in [9.17, 15) is 9.59 Å². The van der Waals surface area contributed by atoms with E-state index in [1.165, 1.54) is 0 Å². The highest BCUT2D eigenvalue weighted by Crippen LogP contribution is 2.24. The molecule has 3 aromatic carbocycles. The maximum Gasteiger partial charge on any atom is 0.255 e. The van der Waals surface area contributed by atoms with Crippen molar-refractivity contribution in [3.05, 3.63) is 89.5 Å². The van der Waals surface area contributed by atoms with Crippen molar-refractivity contribution in [2.75, 3.05) is 18.4 Å². The van der Waals surface area contributed by atoms with Crippen molar-refractivity contribution in [2.24, 2.45) is 0 Å². The van der Waals surface area contributed by atoms with E-state index in [1.54, 1.807) is 0 Å². The molecular weight excluding hydrogens is 360 g/mol. The summed E-state index contributed by atoms with van der Waals surface area (Å²) in [5.74, 6) is -0.137. The second kappa shape index (κ2) is 8.31. The second-order valence-electron chi connectivity index (χ2n) is 7.37. The van der Waals surface area contributed by atoms with E-state index in [2.05, 4.69) is 5.32 Å². The zero-order chi connectivity index (χ0) is 20.2. The number of amides is 2. The maximum atomic E-state index is 12.8. The van der Waals surface area contributed by atoms with Gasteiger partial charge in [-0.3, -0.25) is 9.59 Å². The normalized spacial score (nSPS) is 13.3. The molecule has 1 fully saturated rings. The lowest BCUT2D eigenvalue weighted by atomic mass is 10.0. The predicted octanol–water partition coefficient (Wildman–Crippen LogP) is 5.15. The van der Waals surface area contributed by atoms with Crippen LogP contribution in [0.5, 0.6) is 0 Å². The van der Waals surface area contributed by atoms with Crippen LogP contribution in [0.2, 0.25) is 0 Å². The quantitative estimate of drug-likeness (QED) is 0.676. The van der Waals surface area contributed by atoms with Gasteiger partial charge in [-0.25, -0.2) is 0 Å². The van der Waals surface area contributed by atoms with E-state index >= 15 is 0 Å². The summed E-state index contributed by atoms with van der Waals surface area (Å²) in [6.45, 7) is 3.50. The van der Waals surface area contributed by atoms with Gasteiger partial charge in [0.05, 0.1) is 0 Å². The van der Waals surface area contributed by atoms with Crippen molar-refractivity contribution < 1.29 is 9.59 Å². The number of benzene rings is 3. The lowest BCUT2D eigenvalue weighted by molar-refractivity contribution is 0.0791. The molecule has 1 aliphatic rings. The predicted molar refractivity (Wildman–Crippen MR) is 116 cm³/mol. The van der Waals surface area contributed by atoms with Crippen molar-refractivity contribution in [3.63, 3.8) is 0 Å². The van der Waals surface area contributed by atoms with Gasteiger partial charge < -0.3 is 10.2 Å². The highest BCUT2D eigenvalue weighted by Gasteiger charge is 2.22. The van der Waals surface area contributed by atoms with Gasteiger partial charge in [-0.2, -0.15) is 0 Å². The van der Waals surface area contributed by atoms with Crippen LogP contribution in [0.15, 0.2) is 72.8 Å². The molecule has 0 saturated carbocycles. The molecule has 0 radical (unpaired) electrons. The first kappa shape index (κ1) is 18.9. The van der Waals surface area contributed by atoms with Crippen LogP contribution in [0.1, 0.15) is 39.1 Å². The van der Waals surface area contributed by atoms with Gasteiger partial charge in [-0.15, -0.1) is 0 Å². The summed E-state index contributed by atoms with van der Waals surface area (Å²) >= 11 is 0. The second-order valence-corrected chi connectivity index (χ2v) is 7.37. The van der Waals surface area contributed by atoms with Crippen LogP contribution >= 0.6 is 0 Å². The third-order valence-electron chi connectivity index (χ3n) is 5.46. The number of nitrogens with one attached hydrogen (secondary N) is 1. The smallest absolute Gasteiger partial charge is 0.255 e. The average molecular weight is 384 g/mol. The van der Waals surface area contributed by atoms with E-state index in [4.69, 9.17) is 0 Å². The molecular formula is C25H24N2O2. The van der Waals surface area contributed by atoms with Crippen molar-refractivity contribution in [1.82, 2.24) is 4.90 Å². The van der Waals surface area contributed by atoms with Crippen LogP contribution in [0.25, 0.3) is 11.1 Å². The Hall–Kier alpha value is -3.40. The summed E-state index contributed by atoms with van der Waals surface area (Å²) in [4.78, 5) is 27.4. The van der Waals surface area contributed by atoms with Crippen LogP contribution in [0.4, 0.5) is 5.69 Å². The van der Waals surface area contributed by atoms with Gasteiger partial charge in [0, 0.05) is 29.9 Å². The molecule has 1 heterocycles. The van der Waals surface area contributed by atoms with Gasteiger partial charge in [0.25, 0.3) is 11.8 Å². The average Bonchev–Trinajstić information content (AvgIpc) is 3.30. The van der Waals surface area contributed by atoms with Crippen LogP contribution in [-0.2, 0) is 0 Å². The highest BCUT2D eigenvalue weighted by molar-refractivity contribution is 6.06. The van der Waals surface area contributed by atoms with E-state index in [1.807, 2.05) is 84.6 Å². The monoisotopic (exact) mass is 384 g/mol. The molecule has 0 atom stereocenters. The summed E-state index contributed by atoms with van der Waals surface area (Å²) in [6, 6.07) is 23.1. The molecule has 0 spiro atoms. The minimum Gasteiger partial charge on any atom is -0.339 e. The Bertz CT molecular complexity index is 1020. The summed E-state index contributed by atoms with van der Waals surface area (Å²) in [5.41, 5.74) is 4.90. The summed E-state index contributed by atoms with van der Waals surface area (Å²) in [6.07, 6.45) is 2.11. The van der Waals surface area contributed by atoms with E-state index in [0.29, 0.717) is 16.8 Å². The Balaban J connectivity index is 1.51. The molecule has 146 valence electrons.